The number of fused-ring (bicyclic) bond motifs is 2. The number of amides is 2. The Morgan fingerprint density at radius 3 is 2.66 bits per heavy atom. The molecule has 0 spiro atoms. The van der Waals surface area contributed by atoms with E-state index in [0.29, 0.717) is 21.5 Å². The van der Waals surface area contributed by atoms with Crippen molar-refractivity contribution in [3.8, 4) is 5.88 Å². The zero-order valence-electron chi connectivity index (χ0n) is 15.1. The van der Waals surface area contributed by atoms with Gasteiger partial charge in [-0.25, -0.2) is 9.97 Å². The molecule has 0 bridgehead atoms. The summed E-state index contributed by atoms with van der Waals surface area (Å²) in [5, 5.41) is 2.90. The topological polar surface area (TPSA) is 93.2 Å². The van der Waals surface area contributed by atoms with Crippen LogP contribution in [0.4, 0.5) is 0 Å². The molecule has 0 saturated heterocycles. The van der Waals surface area contributed by atoms with Gasteiger partial charge in [0.05, 0.1) is 10.9 Å². The Labute approximate surface area is 170 Å². The Bertz CT molecular complexity index is 1220. The SMILES string of the molecule is O=C(COc1ncnc2cc(Cl)ccc12)NNC(=O)c1cccc2ccccc12. The first-order valence-corrected chi connectivity index (χ1v) is 9.09. The number of halogens is 1. The standard InChI is InChI=1S/C21H15ClN4O3/c22-14-8-9-17-18(10-14)23-12-24-21(17)29-11-19(27)25-26-20(28)16-7-3-5-13-4-1-2-6-15(13)16/h1-10,12H,11H2,(H,25,27)(H,26,28). The van der Waals surface area contributed by atoms with Gasteiger partial charge >= 0.3 is 0 Å². The van der Waals surface area contributed by atoms with Crippen molar-refractivity contribution in [2.24, 2.45) is 0 Å². The Balaban J connectivity index is 1.39. The van der Waals surface area contributed by atoms with E-state index in [2.05, 4.69) is 20.8 Å². The summed E-state index contributed by atoms with van der Waals surface area (Å²) in [7, 11) is 0. The van der Waals surface area contributed by atoms with Crippen molar-refractivity contribution < 1.29 is 14.3 Å². The van der Waals surface area contributed by atoms with Crippen molar-refractivity contribution in [1.82, 2.24) is 20.8 Å². The zero-order valence-corrected chi connectivity index (χ0v) is 15.8. The van der Waals surface area contributed by atoms with Crippen molar-refractivity contribution in [3.05, 3.63) is 77.6 Å². The van der Waals surface area contributed by atoms with Crippen LogP contribution in [-0.4, -0.2) is 28.4 Å². The summed E-state index contributed by atoms with van der Waals surface area (Å²) in [4.78, 5) is 32.7. The van der Waals surface area contributed by atoms with Crippen LogP contribution in [-0.2, 0) is 4.79 Å². The van der Waals surface area contributed by atoms with E-state index in [4.69, 9.17) is 16.3 Å². The lowest BCUT2D eigenvalue weighted by Crippen LogP contribution is -2.43. The van der Waals surface area contributed by atoms with Crippen LogP contribution in [0.2, 0.25) is 5.02 Å². The highest BCUT2D eigenvalue weighted by atomic mass is 35.5. The van der Waals surface area contributed by atoms with Gasteiger partial charge in [-0.3, -0.25) is 20.4 Å². The van der Waals surface area contributed by atoms with Gasteiger partial charge < -0.3 is 4.74 Å². The van der Waals surface area contributed by atoms with Crippen LogP contribution in [0, 0.1) is 0 Å². The molecule has 0 radical (unpaired) electrons. The van der Waals surface area contributed by atoms with Crippen molar-refractivity contribution in [2.45, 2.75) is 0 Å². The lowest BCUT2D eigenvalue weighted by Gasteiger charge is -2.10. The Kier molecular flexibility index (Phi) is 5.22. The Morgan fingerprint density at radius 1 is 0.931 bits per heavy atom. The van der Waals surface area contributed by atoms with E-state index in [1.165, 1.54) is 6.33 Å². The molecule has 144 valence electrons. The molecule has 4 rings (SSSR count). The molecule has 0 aliphatic carbocycles. The average Bonchev–Trinajstić information content (AvgIpc) is 2.75. The summed E-state index contributed by atoms with van der Waals surface area (Å²) in [5.74, 6) is -0.696. The molecule has 1 aromatic heterocycles. The van der Waals surface area contributed by atoms with Crippen molar-refractivity contribution in [1.29, 1.82) is 0 Å². The van der Waals surface area contributed by atoms with Crippen LogP contribution < -0.4 is 15.6 Å². The number of benzene rings is 3. The minimum absolute atomic E-state index is 0.252. The first-order valence-electron chi connectivity index (χ1n) is 8.72. The van der Waals surface area contributed by atoms with Gasteiger partial charge in [0.1, 0.15) is 6.33 Å². The summed E-state index contributed by atoms with van der Waals surface area (Å²) in [6, 6.07) is 18.0. The summed E-state index contributed by atoms with van der Waals surface area (Å²) in [6.45, 7) is -0.329. The lowest BCUT2D eigenvalue weighted by atomic mass is 10.0. The van der Waals surface area contributed by atoms with Gasteiger partial charge in [-0.05, 0) is 35.0 Å². The highest BCUT2D eigenvalue weighted by Gasteiger charge is 2.12. The maximum Gasteiger partial charge on any atom is 0.276 e. The van der Waals surface area contributed by atoms with Crippen molar-refractivity contribution in [3.63, 3.8) is 0 Å². The van der Waals surface area contributed by atoms with Gasteiger partial charge in [0.25, 0.3) is 11.8 Å². The summed E-state index contributed by atoms with van der Waals surface area (Å²) in [5.41, 5.74) is 5.81. The third kappa shape index (κ3) is 4.09. The molecule has 0 fully saturated rings. The smallest absolute Gasteiger partial charge is 0.276 e. The normalized spacial score (nSPS) is 10.7. The molecule has 7 nitrogen and oxygen atoms in total. The van der Waals surface area contributed by atoms with E-state index >= 15 is 0 Å². The van der Waals surface area contributed by atoms with Crippen molar-refractivity contribution >= 4 is 45.1 Å². The Morgan fingerprint density at radius 2 is 1.76 bits per heavy atom. The van der Waals surface area contributed by atoms with Gasteiger partial charge in [0.2, 0.25) is 5.88 Å². The molecule has 0 aliphatic heterocycles. The molecule has 3 aromatic carbocycles. The quantitative estimate of drug-likeness (QED) is 0.507. The number of hydrogen-bond acceptors (Lipinski definition) is 5. The first kappa shape index (κ1) is 18.6. The van der Waals surface area contributed by atoms with Gasteiger partial charge in [-0.1, -0.05) is 48.0 Å². The maximum absolute atomic E-state index is 12.4. The van der Waals surface area contributed by atoms with Gasteiger partial charge in [0, 0.05) is 10.6 Å². The second-order valence-electron chi connectivity index (χ2n) is 6.16. The summed E-state index contributed by atoms with van der Waals surface area (Å²) >= 11 is 5.95. The molecule has 8 heteroatoms. The number of nitrogens with zero attached hydrogens (tertiary/aromatic N) is 2. The van der Waals surface area contributed by atoms with E-state index in [0.717, 1.165) is 10.8 Å². The van der Waals surface area contributed by atoms with Crippen LogP contribution in [0.1, 0.15) is 10.4 Å². The van der Waals surface area contributed by atoms with E-state index < -0.39 is 11.8 Å². The summed E-state index contributed by atoms with van der Waals surface area (Å²) < 4.78 is 5.47. The van der Waals surface area contributed by atoms with E-state index in [1.54, 1.807) is 30.3 Å². The average molecular weight is 407 g/mol. The van der Waals surface area contributed by atoms with E-state index in [1.807, 2.05) is 30.3 Å². The van der Waals surface area contributed by atoms with E-state index in [-0.39, 0.29) is 12.5 Å². The molecule has 0 atom stereocenters. The minimum atomic E-state index is -0.528. The third-order valence-corrected chi connectivity index (χ3v) is 4.49. The van der Waals surface area contributed by atoms with Gasteiger partial charge in [-0.2, -0.15) is 0 Å². The molecular formula is C21H15ClN4O3. The van der Waals surface area contributed by atoms with Gasteiger partial charge in [-0.15, -0.1) is 0 Å². The largest absolute Gasteiger partial charge is 0.467 e. The fraction of sp³-hybridized carbons (Fsp3) is 0.0476. The van der Waals surface area contributed by atoms with Crippen LogP contribution in [0.3, 0.4) is 0 Å². The first-order chi connectivity index (χ1) is 14.1. The number of hydrazine groups is 1. The highest BCUT2D eigenvalue weighted by molar-refractivity contribution is 6.31. The molecule has 0 saturated carbocycles. The molecule has 4 aromatic rings. The minimum Gasteiger partial charge on any atom is -0.467 e. The second-order valence-corrected chi connectivity index (χ2v) is 6.59. The molecule has 0 aliphatic rings. The van der Waals surface area contributed by atoms with E-state index in [9.17, 15) is 9.59 Å². The number of nitrogens with one attached hydrogen (secondary N) is 2. The monoisotopic (exact) mass is 406 g/mol. The molecule has 0 unspecified atom stereocenters. The number of carbonyl (C=O) groups excluding carboxylic acids is 2. The van der Waals surface area contributed by atoms with Gasteiger partial charge in [0.15, 0.2) is 6.61 Å². The predicted octanol–water partition coefficient (Wildman–Crippen LogP) is 3.28. The molecule has 2 N–H and O–H groups in total. The number of ether oxygens (including phenoxy) is 1. The number of rotatable bonds is 4. The third-order valence-electron chi connectivity index (χ3n) is 4.25. The van der Waals surface area contributed by atoms with Crippen LogP contribution >= 0.6 is 11.6 Å². The lowest BCUT2D eigenvalue weighted by molar-refractivity contribution is -0.123. The van der Waals surface area contributed by atoms with Crippen LogP contribution in [0.25, 0.3) is 21.7 Å². The molecular weight excluding hydrogens is 392 g/mol. The predicted molar refractivity (Wildman–Crippen MR) is 110 cm³/mol. The van der Waals surface area contributed by atoms with Crippen molar-refractivity contribution in [2.75, 3.05) is 6.61 Å². The molecule has 1 heterocycles. The molecule has 29 heavy (non-hydrogen) atoms. The second kappa shape index (κ2) is 8.12. The van der Waals surface area contributed by atoms with Crippen LogP contribution in [0.5, 0.6) is 5.88 Å². The fourth-order valence-corrected chi connectivity index (χ4v) is 3.07. The summed E-state index contributed by atoms with van der Waals surface area (Å²) in [6.07, 6.45) is 1.33. The Hall–Kier alpha value is -3.71. The number of hydrogen-bond donors (Lipinski definition) is 2. The fourth-order valence-electron chi connectivity index (χ4n) is 2.91. The number of aromatic nitrogens is 2. The zero-order chi connectivity index (χ0) is 20.2. The molecule has 2 amide bonds. The highest BCUT2D eigenvalue weighted by Crippen LogP contribution is 2.24. The van der Waals surface area contributed by atoms with Crippen LogP contribution in [0.15, 0.2) is 67.0 Å². The number of carbonyl (C=O) groups is 2. The maximum atomic E-state index is 12.4.